The number of nitrogens with zero attached hydrogens (tertiary/aromatic N) is 3. The lowest BCUT2D eigenvalue weighted by atomic mass is 9.98. The van der Waals surface area contributed by atoms with E-state index in [0.717, 1.165) is 31.5 Å². The Labute approximate surface area is 186 Å². The van der Waals surface area contributed by atoms with Crippen LogP contribution in [0, 0.1) is 10.1 Å². The molecule has 1 aliphatic rings. The van der Waals surface area contributed by atoms with E-state index < -0.39 is 10.8 Å². The van der Waals surface area contributed by atoms with E-state index in [1.165, 1.54) is 24.8 Å². The molecule has 0 radical (unpaired) electrons. The SMILES string of the molecule is CC[C@H]1CCCCN1c1ccc([N+](=O)[O-])cc1/C=N\NC(=O)COc1ccc(Cl)cc1. The first-order chi connectivity index (χ1) is 15.0. The van der Waals surface area contributed by atoms with Gasteiger partial charge in [0.1, 0.15) is 5.75 Å². The third-order valence-electron chi connectivity index (χ3n) is 5.21. The fourth-order valence-corrected chi connectivity index (χ4v) is 3.77. The number of amides is 1. The van der Waals surface area contributed by atoms with Gasteiger partial charge in [-0.2, -0.15) is 5.10 Å². The highest BCUT2D eigenvalue weighted by Crippen LogP contribution is 2.31. The molecule has 2 aromatic rings. The third-order valence-corrected chi connectivity index (χ3v) is 5.46. The zero-order valence-electron chi connectivity index (χ0n) is 17.3. The van der Waals surface area contributed by atoms with E-state index >= 15 is 0 Å². The molecule has 0 aliphatic carbocycles. The molecule has 1 amide bonds. The summed E-state index contributed by atoms with van der Waals surface area (Å²) in [6, 6.07) is 11.8. The number of anilines is 1. The Hall–Kier alpha value is -3.13. The first-order valence-corrected chi connectivity index (χ1v) is 10.6. The molecule has 8 nitrogen and oxygen atoms in total. The number of piperidine rings is 1. The summed E-state index contributed by atoms with van der Waals surface area (Å²) < 4.78 is 5.38. The fourth-order valence-electron chi connectivity index (χ4n) is 3.65. The highest BCUT2D eigenvalue weighted by atomic mass is 35.5. The van der Waals surface area contributed by atoms with E-state index in [9.17, 15) is 14.9 Å². The smallest absolute Gasteiger partial charge is 0.277 e. The largest absolute Gasteiger partial charge is 0.484 e. The number of benzene rings is 2. The molecular weight excluding hydrogens is 420 g/mol. The molecule has 1 atom stereocenters. The van der Waals surface area contributed by atoms with Gasteiger partial charge >= 0.3 is 0 Å². The zero-order chi connectivity index (χ0) is 22.2. The lowest BCUT2D eigenvalue weighted by Gasteiger charge is -2.38. The number of nitro benzene ring substituents is 1. The van der Waals surface area contributed by atoms with Crippen molar-refractivity contribution in [3.63, 3.8) is 0 Å². The Morgan fingerprint density at radius 2 is 2.10 bits per heavy atom. The highest BCUT2D eigenvalue weighted by molar-refractivity contribution is 6.30. The summed E-state index contributed by atoms with van der Waals surface area (Å²) in [6.45, 7) is 2.81. The molecule has 2 aromatic carbocycles. The summed E-state index contributed by atoms with van der Waals surface area (Å²) in [4.78, 5) is 25.1. The van der Waals surface area contributed by atoms with Crippen LogP contribution in [0.25, 0.3) is 0 Å². The number of carbonyl (C=O) groups is 1. The Morgan fingerprint density at radius 1 is 1.32 bits per heavy atom. The van der Waals surface area contributed by atoms with Gasteiger partial charge in [-0.1, -0.05) is 18.5 Å². The maximum absolute atomic E-state index is 12.0. The zero-order valence-corrected chi connectivity index (χ0v) is 18.0. The molecule has 31 heavy (non-hydrogen) atoms. The average molecular weight is 445 g/mol. The van der Waals surface area contributed by atoms with Crippen LogP contribution in [-0.4, -0.2) is 36.2 Å². The molecule has 1 heterocycles. The summed E-state index contributed by atoms with van der Waals surface area (Å²) in [5.74, 6) is 0.0720. The van der Waals surface area contributed by atoms with Crippen molar-refractivity contribution in [1.82, 2.24) is 5.43 Å². The van der Waals surface area contributed by atoms with Crippen LogP contribution in [0.15, 0.2) is 47.6 Å². The molecule has 1 fully saturated rings. The molecule has 3 rings (SSSR count). The molecule has 1 N–H and O–H groups in total. The molecule has 0 bridgehead atoms. The summed E-state index contributed by atoms with van der Waals surface area (Å²) >= 11 is 5.82. The topological polar surface area (TPSA) is 97.1 Å². The Bertz CT molecular complexity index is 949. The Balaban J connectivity index is 1.70. The van der Waals surface area contributed by atoms with Crippen LogP contribution in [-0.2, 0) is 4.79 Å². The number of non-ortho nitro benzene ring substituents is 1. The van der Waals surface area contributed by atoms with Gasteiger partial charge < -0.3 is 9.64 Å². The van der Waals surface area contributed by atoms with Gasteiger partial charge in [0.25, 0.3) is 11.6 Å². The van der Waals surface area contributed by atoms with Crippen molar-refractivity contribution in [2.75, 3.05) is 18.1 Å². The van der Waals surface area contributed by atoms with E-state index in [4.69, 9.17) is 16.3 Å². The van der Waals surface area contributed by atoms with Crippen molar-refractivity contribution in [1.29, 1.82) is 0 Å². The number of hydrazone groups is 1. The van der Waals surface area contributed by atoms with E-state index in [2.05, 4.69) is 22.4 Å². The van der Waals surface area contributed by atoms with Crippen molar-refractivity contribution in [3.05, 3.63) is 63.2 Å². The van der Waals surface area contributed by atoms with Crippen molar-refractivity contribution < 1.29 is 14.5 Å². The molecule has 164 valence electrons. The minimum atomic E-state index is -0.442. The summed E-state index contributed by atoms with van der Waals surface area (Å²) in [5, 5.41) is 15.8. The second-order valence-electron chi connectivity index (χ2n) is 7.29. The molecule has 1 aliphatic heterocycles. The van der Waals surface area contributed by atoms with Gasteiger partial charge in [0, 0.05) is 41.0 Å². The minimum absolute atomic E-state index is 0.0207. The minimum Gasteiger partial charge on any atom is -0.484 e. The van der Waals surface area contributed by atoms with Gasteiger partial charge in [-0.3, -0.25) is 14.9 Å². The van der Waals surface area contributed by atoms with Gasteiger partial charge in [-0.25, -0.2) is 5.43 Å². The summed E-state index contributed by atoms with van der Waals surface area (Å²) in [6.07, 6.45) is 5.77. The predicted molar refractivity (Wildman–Crippen MR) is 121 cm³/mol. The second-order valence-corrected chi connectivity index (χ2v) is 7.72. The van der Waals surface area contributed by atoms with Gasteiger partial charge in [0.15, 0.2) is 6.61 Å². The van der Waals surface area contributed by atoms with Gasteiger partial charge in [0.05, 0.1) is 11.1 Å². The van der Waals surface area contributed by atoms with Gasteiger partial charge in [-0.05, 0) is 56.0 Å². The van der Waals surface area contributed by atoms with Crippen LogP contribution in [0.2, 0.25) is 5.02 Å². The van der Waals surface area contributed by atoms with Crippen LogP contribution in [0.5, 0.6) is 5.75 Å². The quantitative estimate of drug-likeness (QED) is 0.366. The van der Waals surface area contributed by atoms with Crippen molar-refractivity contribution in [2.45, 2.75) is 38.6 Å². The van der Waals surface area contributed by atoms with Crippen LogP contribution < -0.4 is 15.1 Å². The van der Waals surface area contributed by atoms with Crippen LogP contribution in [0.1, 0.15) is 38.2 Å². The normalized spacial score (nSPS) is 16.3. The fraction of sp³-hybridized carbons (Fsp3) is 0.364. The molecule has 0 unspecified atom stereocenters. The summed E-state index contributed by atoms with van der Waals surface area (Å²) in [7, 11) is 0. The van der Waals surface area contributed by atoms with Crippen LogP contribution in [0.4, 0.5) is 11.4 Å². The lowest BCUT2D eigenvalue weighted by Crippen LogP contribution is -2.39. The average Bonchev–Trinajstić information content (AvgIpc) is 2.78. The van der Waals surface area contributed by atoms with Crippen molar-refractivity contribution in [2.24, 2.45) is 5.10 Å². The van der Waals surface area contributed by atoms with Crippen molar-refractivity contribution in [3.8, 4) is 5.75 Å². The number of ether oxygens (including phenoxy) is 1. The van der Waals surface area contributed by atoms with Crippen LogP contribution >= 0.6 is 11.6 Å². The number of nitro groups is 1. The molecule has 0 spiro atoms. The first kappa shape index (κ1) is 22.6. The van der Waals surface area contributed by atoms with Gasteiger partial charge in [0.2, 0.25) is 0 Å². The van der Waals surface area contributed by atoms with Gasteiger partial charge in [-0.15, -0.1) is 0 Å². The number of halogens is 1. The third kappa shape index (κ3) is 6.18. The van der Waals surface area contributed by atoms with E-state index in [1.807, 2.05) is 0 Å². The standard InChI is InChI=1S/C22H25ClN4O4/c1-2-18-5-3-4-12-26(18)21-11-8-19(27(29)30)13-16(21)14-24-25-22(28)15-31-20-9-6-17(23)7-10-20/h6-11,13-14,18H,2-5,12,15H2,1H3,(H,25,28)/b24-14-/t18-/m0/s1. The predicted octanol–water partition coefficient (Wildman–Crippen LogP) is 4.55. The molecule has 0 aromatic heterocycles. The number of rotatable bonds is 8. The van der Waals surface area contributed by atoms with E-state index in [-0.39, 0.29) is 12.3 Å². The molecule has 1 saturated heterocycles. The molecule has 9 heteroatoms. The number of hydrogen-bond acceptors (Lipinski definition) is 6. The Kier molecular flexibility index (Phi) is 7.83. The highest BCUT2D eigenvalue weighted by Gasteiger charge is 2.24. The number of carbonyl (C=O) groups excluding carboxylic acids is 1. The number of nitrogens with one attached hydrogen (secondary N) is 1. The van der Waals surface area contributed by atoms with Crippen LogP contribution in [0.3, 0.4) is 0 Å². The number of hydrogen-bond donors (Lipinski definition) is 1. The van der Waals surface area contributed by atoms with E-state index in [0.29, 0.717) is 22.4 Å². The maximum Gasteiger partial charge on any atom is 0.277 e. The van der Waals surface area contributed by atoms with E-state index in [1.54, 1.807) is 30.3 Å². The second kappa shape index (κ2) is 10.8. The summed E-state index contributed by atoms with van der Waals surface area (Å²) in [5.41, 5.74) is 3.86. The lowest BCUT2D eigenvalue weighted by molar-refractivity contribution is -0.384. The first-order valence-electron chi connectivity index (χ1n) is 10.2. The molecule has 0 saturated carbocycles. The monoisotopic (exact) mass is 444 g/mol. The molecular formula is C22H25ClN4O4. The van der Waals surface area contributed by atoms with Crippen molar-refractivity contribution >= 4 is 35.1 Å². The Morgan fingerprint density at radius 3 is 2.81 bits per heavy atom. The maximum atomic E-state index is 12.0.